The van der Waals surface area contributed by atoms with Crippen molar-refractivity contribution < 1.29 is 17.7 Å². The Labute approximate surface area is 166 Å². The molecule has 0 aliphatic rings. The van der Waals surface area contributed by atoms with Crippen LogP contribution < -0.4 is 10.6 Å². The molecule has 0 spiro atoms. The zero-order valence-corrected chi connectivity index (χ0v) is 16.8. The monoisotopic (exact) mass is 483 g/mol. The highest BCUT2D eigenvalue weighted by atomic mass is 127. The molecule has 0 amide bonds. The number of guanidine groups is 1. The van der Waals surface area contributed by atoms with E-state index < -0.39 is 11.7 Å². The molecule has 0 radical (unpaired) electrons. The number of alkyl halides is 3. The number of aliphatic imine (C=N–C) groups is 1. The summed E-state index contributed by atoms with van der Waals surface area (Å²) < 4.78 is 42.6. The lowest BCUT2D eigenvalue weighted by atomic mass is 10.1. The summed E-state index contributed by atoms with van der Waals surface area (Å²) in [5.41, 5.74) is 0.0762. The third-order valence-electron chi connectivity index (χ3n) is 3.39. The Morgan fingerprint density at radius 1 is 1.19 bits per heavy atom. The molecular weight excluding hydrogens is 462 g/mol. The molecule has 6 nitrogen and oxygen atoms in total. The fraction of sp³-hybridized carbons (Fsp3) is 0.438. The van der Waals surface area contributed by atoms with Crippen molar-refractivity contribution in [1.29, 1.82) is 0 Å². The van der Waals surface area contributed by atoms with E-state index in [1.54, 1.807) is 14.0 Å². The van der Waals surface area contributed by atoms with Crippen LogP contribution in [0, 0.1) is 6.92 Å². The molecule has 0 atom stereocenters. The zero-order valence-electron chi connectivity index (χ0n) is 14.4. The van der Waals surface area contributed by atoms with Crippen molar-refractivity contribution in [1.82, 2.24) is 20.8 Å². The molecule has 1 heterocycles. The maximum atomic E-state index is 12.5. The number of nitrogens with zero attached hydrogens (tertiary/aromatic N) is 3. The fourth-order valence-electron chi connectivity index (χ4n) is 2.11. The average Bonchev–Trinajstić information content (AvgIpc) is 2.99. The number of benzene rings is 1. The van der Waals surface area contributed by atoms with Crippen molar-refractivity contribution in [3.05, 3.63) is 47.1 Å². The van der Waals surface area contributed by atoms with Gasteiger partial charge in [0, 0.05) is 26.6 Å². The maximum absolute atomic E-state index is 12.5. The van der Waals surface area contributed by atoms with Crippen LogP contribution in [0.3, 0.4) is 0 Å². The topological polar surface area (TPSA) is 75.3 Å². The van der Waals surface area contributed by atoms with Gasteiger partial charge in [-0.05, 0) is 31.0 Å². The van der Waals surface area contributed by atoms with Crippen LogP contribution in [0.2, 0.25) is 0 Å². The van der Waals surface area contributed by atoms with E-state index in [1.165, 1.54) is 12.1 Å². The summed E-state index contributed by atoms with van der Waals surface area (Å²) in [5.74, 6) is 1.77. The molecule has 2 aromatic rings. The Morgan fingerprint density at radius 2 is 1.88 bits per heavy atom. The van der Waals surface area contributed by atoms with Crippen LogP contribution in [0.25, 0.3) is 0 Å². The lowest BCUT2D eigenvalue weighted by molar-refractivity contribution is -0.137. The van der Waals surface area contributed by atoms with E-state index in [-0.39, 0.29) is 24.0 Å². The van der Waals surface area contributed by atoms with E-state index in [2.05, 4.69) is 25.8 Å². The van der Waals surface area contributed by atoms with Gasteiger partial charge < -0.3 is 15.2 Å². The van der Waals surface area contributed by atoms with Crippen LogP contribution in [-0.2, 0) is 19.1 Å². The largest absolute Gasteiger partial charge is 0.416 e. The summed E-state index contributed by atoms with van der Waals surface area (Å²) in [4.78, 5) is 8.19. The van der Waals surface area contributed by atoms with Gasteiger partial charge in [0.1, 0.15) is 0 Å². The molecular formula is C16H21F3IN5O. The molecule has 0 fully saturated rings. The summed E-state index contributed by atoms with van der Waals surface area (Å²) in [6.07, 6.45) is -2.88. The highest BCUT2D eigenvalue weighted by Gasteiger charge is 2.29. The third kappa shape index (κ3) is 7.18. The smallest absolute Gasteiger partial charge is 0.356 e. The first-order valence-corrected chi connectivity index (χ1v) is 7.78. The van der Waals surface area contributed by atoms with Crippen molar-refractivity contribution in [3.63, 3.8) is 0 Å². The summed E-state index contributed by atoms with van der Waals surface area (Å²) >= 11 is 0. The van der Waals surface area contributed by atoms with Crippen LogP contribution in [0.1, 0.15) is 29.3 Å². The second kappa shape index (κ2) is 10.3. The van der Waals surface area contributed by atoms with Crippen LogP contribution in [-0.4, -0.2) is 29.7 Å². The van der Waals surface area contributed by atoms with Crippen LogP contribution >= 0.6 is 24.0 Å². The van der Waals surface area contributed by atoms with Gasteiger partial charge >= 0.3 is 6.18 Å². The first kappa shape index (κ1) is 22.2. The molecule has 1 aromatic carbocycles. The summed E-state index contributed by atoms with van der Waals surface area (Å²) in [5, 5.41) is 9.89. The molecule has 0 saturated carbocycles. The highest BCUT2D eigenvalue weighted by molar-refractivity contribution is 14.0. The van der Waals surface area contributed by atoms with Crippen molar-refractivity contribution in [2.75, 3.05) is 13.6 Å². The average molecular weight is 483 g/mol. The molecule has 0 bridgehead atoms. The minimum atomic E-state index is -4.32. The Bertz CT molecular complexity index is 701. The molecule has 0 aliphatic carbocycles. The third-order valence-corrected chi connectivity index (χ3v) is 3.39. The molecule has 26 heavy (non-hydrogen) atoms. The molecule has 2 rings (SSSR count). The second-order valence-corrected chi connectivity index (χ2v) is 5.39. The number of nitrogens with one attached hydrogen (secondary N) is 2. The minimum Gasteiger partial charge on any atom is -0.356 e. The number of aryl methyl sites for hydroxylation is 2. The number of rotatable bonds is 6. The molecule has 10 heteroatoms. The Kier molecular flexibility index (Phi) is 8.82. The lowest BCUT2D eigenvalue weighted by Gasteiger charge is -2.12. The van der Waals surface area contributed by atoms with Gasteiger partial charge in [-0.1, -0.05) is 17.3 Å². The highest BCUT2D eigenvalue weighted by Crippen LogP contribution is 2.28. The van der Waals surface area contributed by atoms with Gasteiger partial charge in [-0.3, -0.25) is 4.99 Å². The van der Waals surface area contributed by atoms with Crippen molar-refractivity contribution in [3.8, 4) is 0 Å². The first-order chi connectivity index (χ1) is 11.9. The van der Waals surface area contributed by atoms with E-state index in [0.717, 1.165) is 24.1 Å². The first-order valence-electron chi connectivity index (χ1n) is 7.78. The van der Waals surface area contributed by atoms with Gasteiger partial charge in [0.15, 0.2) is 11.8 Å². The van der Waals surface area contributed by atoms with E-state index in [1.807, 2.05) is 0 Å². The number of hydrogen-bond acceptors (Lipinski definition) is 4. The van der Waals surface area contributed by atoms with E-state index in [9.17, 15) is 13.2 Å². The van der Waals surface area contributed by atoms with Gasteiger partial charge in [0.2, 0.25) is 5.89 Å². The van der Waals surface area contributed by atoms with Crippen molar-refractivity contribution in [2.24, 2.45) is 4.99 Å². The normalized spacial score (nSPS) is 11.8. The molecule has 144 valence electrons. The van der Waals surface area contributed by atoms with Crippen molar-refractivity contribution in [2.45, 2.75) is 32.5 Å². The Hall–Kier alpha value is -1.85. The molecule has 0 saturated heterocycles. The molecule has 0 aliphatic heterocycles. The Morgan fingerprint density at radius 3 is 2.42 bits per heavy atom. The summed E-state index contributed by atoms with van der Waals surface area (Å²) in [6.45, 7) is 2.78. The van der Waals surface area contributed by atoms with Gasteiger partial charge in [-0.25, -0.2) is 0 Å². The second-order valence-electron chi connectivity index (χ2n) is 5.39. The van der Waals surface area contributed by atoms with Crippen LogP contribution in [0.4, 0.5) is 13.2 Å². The molecule has 2 N–H and O–H groups in total. The van der Waals surface area contributed by atoms with Crippen LogP contribution in [0.5, 0.6) is 0 Å². The van der Waals surface area contributed by atoms with Gasteiger partial charge in [-0.15, -0.1) is 24.0 Å². The quantitative estimate of drug-likeness (QED) is 0.286. The van der Waals surface area contributed by atoms with Crippen LogP contribution in [0.15, 0.2) is 33.8 Å². The summed E-state index contributed by atoms with van der Waals surface area (Å²) in [6, 6.07) is 5.03. The number of aromatic nitrogens is 2. The van der Waals surface area contributed by atoms with Gasteiger partial charge in [0.25, 0.3) is 0 Å². The number of halogens is 4. The van der Waals surface area contributed by atoms with Gasteiger partial charge in [-0.2, -0.15) is 18.2 Å². The molecule has 1 aromatic heterocycles. The predicted molar refractivity (Wildman–Crippen MR) is 102 cm³/mol. The standard InChI is InChI=1S/C16H20F3N5O.HI/c1-11-23-14(25-24-11)4-3-9-21-15(20-2)22-10-12-5-7-13(8-6-12)16(17,18)19;/h5-8H,3-4,9-10H2,1-2H3,(H2,20,21,22);1H. The maximum Gasteiger partial charge on any atom is 0.416 e. The van der Waals surface area contributed by atoms with E-state index in [0.29, 0.717) is 37.2 Å². The van der Waals surface area contributed by atoms with Gasteiger partial charge in [0.05, 0.1) is 5.56 Å². The van der Waals surface area contributed by atoms with E-state index in [4.69, 9.17) is 4.52 Å². The lowest BCUT2D eigenvalue weighted by Crippen LogP contribution is -2.37. The Balaban J connectivity index is 0.00000338. The van der Waals surface area contributed by atoms with Crippen molar-refractivity contribution >= 4 is 29.9 Å². The molecule has 0 unspecified atom stereocenters. The van der Waals surface area contributed by atoms with E-state index >= 15 is 0 Å². The minimum absolute atomic E-state index is 0. The fourth-order valence-corrected chi connectivity index (χ4v) is 2.11. The number of hydrogen-bond donors (Lipinski definition) is 2. The predicted octanol–water partition coefficient (Wildman–Crippen LogP) is 3.31. The summed E-state index contributed by atoms with van der Waals surface area (Å²) in [7, 11) is 1.63. The zero-order chi connectivity index (χ0) is 18.3. The SMILES string of the molecule is CN=C(NCCCc1nc(C)no1)NCc1ccc(C(F)(F)F)cc1.I.